The maximum Gasteiger partial charge on any atom is 0.322 e. The molecule has 26 heavy (non-hydrogen) atoms. The third kappa shape index (κ3) is 4.33. The molecule has 0 saturated heterocycles. The lowest BCUT2D eigenvalue weighted by Crippen LogP contribution is -2.42. The van der Waals surface area contributed by atoms with Crippen LogP contribution < -0.4 is 14.2 Å². The Hall–Kier alpha value is -2.58. The molecule has 0 aromatic heterocycles. The van der Waals surface area contributed by atoms with Crippen molar-refractivity contribution >= 4 is 16.0 Å². The molecule has 0 saturated carbocycles. The van der Waals surface area contributed by atoms with E-state index in [1.165, 1.54) is 18.2 Å². The van der Waals surface area contributed by atoms with Crippen LogP contribution in [0.4, 0.5) is 0 Å². The maximum absolute atomic E-state index is 12.6. The molecule has 0 bridgehead atoms. The highest BCUT2D eigenvalue weighted by molar-refractivity contribution is 7.89. The molecule has 3 rings (SSSR count). The Kier molecular flexibility index (Phi) is 5.43. The van der Waals surface area contributed by atoms with Gasteiger partial charge in [0.25, 0.3) is 0 Å². The number of aliphatic carboxylic acids is 1. The summed E-state index contributed by atoms with van der Waals surface area (Å²) in [7, 11) is -4.04. The fourth-order valence-corrected chi connectivity index (χ4v) is 3.80. The van der Waals surface area contributed by atoms with Crippen molar-refractivity contribution in [3.8, 4) is 11.5 Å². The van der Waals surface area contributed by atoms with Crippen LogP contribution in [0.15, 0.2) is 53.4 Å². The van der Waals surface area contributed by atoms with Crippen molar-refractivity contribution < 1.29 is 27.8 Å². The number of benzene rings is 2. The zero-order valence-corrected chi connectivity index (χ0v) is 14.7. The third-order valence-corrected chi connectivity index (χ3v) is 5.38. The topological polar surface area (TPSA) is 102 Å². The number of sulfonamides is 1. The molecule has 0 amide bonds. The van der Waals surface area contributed by atoms with Gasteiger partial charge in [0.1, 0.15) is 6.04 Å². The van der Waals surface area contributed by atoms with E-state index in [1.807, 2.05) is 0 Å². The Morgan fingerprint density at radius 1 is 1.08 bits per heavy atom. The zero-order valence-electron chi connectivity index (χ0n) is 13.9. The van der Waals surface area contributed by atoms with Gasteiger partial charge in [-0.05, 0) is 24.1 Å². The van der Waals surface area contributed by atoms with Crippen molar-refractivity contribution in [3.05, 3.63) is 54.1 Å². The van der Waals surface area contributed by atoms with Gasteiger partial charge in [-0.25, -0.2) is 8.42 Å². The molecule has 2 aromatic carbocycles. The first-order chi connectivity index (χ1) is 12.5. The molecule has 1 atom stereocenters. The van der Waals surface area contributed by atoms with Crippen LogP contribution >= 0.6 is 0 Å². The number of rotatable bonds is 6. The largest absolute Gasteiger partial charge is 0.490 e. The van der Waals surface area contributed by atoms with E-state index in [1.54, 1.807) is 30.3 Å². The predicted molar refractivity (Wildman–Crippen MR) is 93.9 cm³/mol. The summed E-state index contributed by atoms with van der Waals surface area (Å²) in [4.78, 5) is 11.5. The molecule has 1 aliphatic rings. The average Bonchev–Trinajstić information content (AvgIpc) is 2.86. The highest BCUT2D eigenvalue weighted by Gasteiger charge is 2.27. The van der Waals surface area contributed by atoms with Gasteiger partial charge in [-0.3, -0.25) is 4.79 Å². The molecule has 0 spiro atoms. The van der Waals surface area contributed by atoms with Crippen molar-refractivity contribution in [3.63, 3.8) is 0 Å². The van der Waals surface area contributed by atoms with E-state index in [4.69, 9.17) is 9.47 Å². The fraction of sp³-hybridized carbons (Fsp3) is 0.278. The lowest BCUT2D eigenvalue weighted by Gasteiger charge is -2.16. The molecular weight excluding hydrogens is 358 g/mol. The number of nitrogens with one attached hydrogen (secondary N) is 1. The van der Waals surface area contributed by atoms with Gasteiger partial charge in [-0.1, -0.05) is 30.3 Å². The van der Waals surface area contributed by atoms with Crippen LogP contribution in [0.1, 0.15) is 12.0 Å². The molecule has 0 unspecified atom stereocenters. The van der Waals surface area contributed by atoms with Gasteiger partial charge in [0.15, 0.2) is 11.5 Å². The average molecular weight is 377 g/mol. The summed E-state index contributed by atoms with van der Waals surface area (Å²) in [6.07, 6.45) is 0.743. The van der Waals surface area contributed by atoms with E-state index in [0.29, 0.717) is 31.1 Å². The summed E-state index contributed by atoms with van der Waals surface area (Å²) >= 11 is 0. The van der Waals surface area contributed by atoms with Crippen LogP contribution in [0, 0.1) is 0 Å². The molecule has 2 N–H and O–H groups in total. The number of carboxylic acids is 1. The molecule has 2 aromatic rings. The number of fused-ring (bicyclic) bond motifs is 1. The fourth-order valence-electron chi connectivity index (χ4n) is 2.60. The number of ether oxygens (including phenoxy) is 2. The Morgan fingerprint density at radius 2 is 1.77 bits per heavy atom. The smallest absolute Gasteiger partial charge is 0.322 e. The number of carboxylic acid groups (broad SMARTS) is 1. The first kappa shape index (κ1) is 18.2. The summed E-state index contributed by atoms with van der Waals surface area (Å²) < 4.78 is 38.5. The standard InChI is InChI=1S/C18H19NO6S/c20-18(21)15(11-13-5-2-1-3-6-13)19-26(22,23)14-7-8-16-17(12-14)25-10-4-9-24-16/h1-3,5-8,12,15,19H,4,9-11H2,(H,20,21)/t15-/m0/s1. The molecule has 1 heterocycles. The molecular formula is C18H19NO6S. The van der Waals surface area contributed by atoms with E-state index >= 15 is 0 Å². The summed E-state index contributed by atoms with van der Waals surface area (Å²) in [5.41, 5.74) is 0.723. The summed E-state index contributed by atoms with van der Waals surface area (Å²) in [5, 5.41) is 9.40. The lowest BCUT2D eigenvalue weighted by atomic mass is 10.1. The van der Waals surface area contributed by atoms with Gasteiger partial charge < -0.3 is 14.6 Å². The van der Waals surface area contributed by atoms with Gasteiger partial charge in [-0.15, -0.1) is 0 Å². The third-order valence-electron chi connectivity index (χ3n) is 3.91. The van der Waals surface area contributed by atoms with Gasteiger partial charge in [0.05, 0.1) is 18.1 Å². The Balaban J connectivity index is 1.82. The quantitative estimate of drug-likeness (QED) is 0.796. The van der Waals surface area contributed by atoms with Gasteiger partial charge >= 0.3 is 5.97 Å². The summed E-state index contributed by atoms with van der Waals surface area (Å²) in [6.45, 7) is 0.922. The molecule has 0 radical (unpaired) electrons. The Bertz CT molecular complexity index is 882. The first-order valence-electron chi connectivity index (χ1n) is 8.14. The lowest BCUT2D eigenvalue weighted by molar-refractivity contribution is -0.138. The minimum absolute atomic E-state index is 0.0416. The van der Waals surface area contributed by atoms with Crippen LogP contribution in [0.3, 0.4) is 0 Å². The number of carbonyl (C=O) groups is 1. The van der Waals surface area contributed by atoms with E-state index in [0.717, 1.165) is 5.56 Å². The summed E-state index contributed by atoms with van der Waals surface area (Å²) in [6, 6.07) is 11.8. The summed E-state index contributed by atoms with van der Waals surface area (Å²) in [5.74, 6) is -0.437. The van der Waals surface area contributed by atoms with Crippen molar-refractivity contribution in [2.75, 3.05) is 13.2 Å². The SMILES string of the molecule is O=C(O)[C@H](Cc1ccccc1)NS(=O)(=O)c1ccc2c(c1)OCCCO2. The second-order valence-corrected chi connectivity index (χ2v) is 7.57. The van der Waals surface area contributed by atoms with E-state index in [-0.39, 0.29) is 11.3 Å². The van der Waals surface area contributed by atoms with Crippen LogP contribution in [0.25, 0.3) is 0 Å². The van der Waals surface area contributed by atoms with E-state index in [2.05, 4.69) is 4.72 Å². The van der Waals surface area contributed by atoms with Gasteiger partial charge in [0.2, 0.25) is 10.0 Å². The van der Waals surface area contributed by atoms with E-state index in [9.17, 15) is 18.3 Å². The second kappa shape index (κ2) is 7.76. The van der Waals surface area contributed by atoms with Crippen molar-refractivity contribution in [1.29, 1.82) is 0 Å². The minimum Gasteiger partial charge on any atom is -0.490 e. The highest BCUT2D eigenvalue weighted by atomic mass is 32.2. The van der Waals surface area contributed by atoms with Crippen LogP contribution in [-0.2, 0) is 21.2 Å². The Morgan fingerprint density at radius 3 is 2.46 bits per heavy atom. The molecule has 0 aliphatic carbocycles. The first-order valence-corrected chi connectivity index (χ1v) is 9.63. The molecule has 8 heteroatoms. The van der Waals surface area contributed by atoms with Crippen LogP contribution in [-0.4, -0.2) is 38.7 Å². The van der Waals surface area contributed by atoms with Crippen molar-refractivity contribution in [1.82, 2.24) is 4.72 Å². The normalized spacial score (nSPS) is 15.1. The maximum atomic E-state index is 12.6. The molecule has 1 aliphatic heterocycles. The molecule has 0 fully saturated rings. The number of hydrogen-bond donors (Lipinski definition) is 2. The predicted octanol–water partition coefficient (Wildman–Crippen LogP) is 1.82. The molecule has 7 nitrogen and oxygen atoms in total. The minimum atomic E-state index is -4.04. The Labute approximate surface area is 151 Å². The van der Waals surface area contributed by atoms with Gasteiger partial charge in [-0.2, -0.15) is 4.72 Å². The van der Waals surface area contributed by atoms with Crippen LogP contribution in [0.5, 0.6) is 11.5 Å². The van der Waals surface area contributed by atoms with E-state index < -0.39 is 22.0 Å². The zero-order chi connectivity index (χ0) is 18.6. The highest BCUT2D eigenvalue weighted by Crippen LogP contribution is 2.31. The molecule has 138 valence electrons. The monoisotopic (exact) mass is 377 g/mol. The second-order valence-electron chi connectivity index (χ2n) is 5.86. The van der Waals surface area contributed by atoms with Crippen molar-refractivity contribution in [2.24, 2.45) is 0 Å². The van der Waals surface area contributed by atoms with Gasteiger partial charge in [0, 0.05) is 12.5 Å². The number of hydrogen-bond acceptors (Lipinski definition) is 5. The van der Waals surface area contributed by atoms with Crippen molar-refractivity contribution in [2.45, 2.75) is 23.8 Å². The van der Waals surface area contributed by atoms with Crippen LogP contribution in [0.2, 0.25) is 0 Å².